The smallest absolute Gasteiger partial charge is 0.416 e. The van der Waals surface area contributed by atoms with Crippen LogP contribution in [-0.4, -0.2) is 11.0 Å². The van der Waals surface area contributed by atoms with Gasteiger partial charge in [0.1, 0.15) is 11.5 Å². The predicted octanol–water partition coefficient (Wildman–Crippen LogP) is 6.15. The maximum Gasteiger partial charge on any atom is 0.416 e. The fourth-order valence-electron chi connectivity index (χ4n) is 2.62. The lowest BCUT2D eigenvalue weighted by molar-refractivity contribution is -0.138. The third-order valence-corrected chi connectivity index (χ3v) is 4.02. The summed E-state index contributed by atoms with van der Waals surface area (Å²) in [7, 11) is 0. The van der Waals surface area contributed by atoms with Gasteiger partial charge >= 0.3 is 12.2 Å². The minimum atomic E-state index is -4.48. The van der Waals surface area contributed by atoms with Crippen LogP contribution in [0.25, 0.3) is 0 Å². The van der Waals surface area contributed by atoms with Gasteiger partial charge in [-0.05, 0) is 61.9 Å². The van der Waals surface area contributed by atoms with Crippen LogP contribution in [0, 0.1) is 13.8 Å². The van der Waals surface area contributed by atoms with E-state index in [0.29, 0.717) is 17.2 Å². The highest BCUT2D eigenvalue weighted by atomic mass is 19.4. The second-order valence-corrected chi connectivity index (χ2v) is 6.37. The lowest BCUT2D eigenvalue weighted by atomic mass is 10.1. The molecule has 0 saturated carbocycles. The zero-order valence-electron chi connectivity index (χ0n) is 15.7. The van der Waals surface area contributed by atoms with Crippen molar-refractivity contribution in [3.8, 4) is 11.5 Å². The first-order chi connectivity index (χ1) is 13.7. The van der Waals surface area contributed by atoms with Gasteiger partial charge in [-0.3, -0.25) is 4.98 Å². The van der Waals surface area contributed by atoms with Crippen LogP contribution in [0.15, 0.2) is 60.8 Å². The maximum atomic E-state index is 13.0. The van der Waals surface area contributed by atoms with Crippen molar-refractivity contribution in [1.29, 1.82) is 0 Å². The summed E-state index contributed by atoms with van der Waals surface area (Å²) in [6, 6.07) is 13.1. The number of urea groups is 1. The van der Waals surface area contributed by atoms with Crippen LogP contribution >= 0.6 is 0 Å². The molecule has 8 heteroatoms. The van der Waals surface area contributed by atoms with E-state index in [-0.39, 0.29) is 11.3 Å². The normalized spacial score (nSPS) is 11.1. The fourth-order valence-corrected chi connectivity index (χ4v) is 2.62. The molecular formula is C21H18F3N3O2. The van der Waals surface area contributed by atoms with Crippen LogP contribution < -0.4 is 15.4 Å². The van der Waals surface area contributed by atoms with Gasteiger partial charge in [-0.1, -0.05) is 6.07 Å². The van der Waals surface area contributed by atoms with E-state index in [1.807, 2.05) is 6.92 Å². The number of ether oxygens (including phenoxy) is 1. The van der Waals surface area contributed by atoms with Gasteiger partial charge in [0.15, 0.2) is 0 Å². The minimum absolute atomic E-state index is 0.0495. The van der Waals surface area contributed by atoms with E-state index in [1.54, 1.807) is 42.6 Å². The molecule has 0 radical (unpaired) electrons. The van der Waals surface area contributed by atoms with Crippen LogP contribution in [0.5, 0.6) is 11.5 Å². The lowest BCUT2D eigenvalue weighted by Crippen LogP contribution is -2.20. The Morgan fingerprint density at radius 1 is 0.897 bits per heavy atom. The highest BCUT2D eigenvalue weighted by Crippen LogP contribution is 2.33. The molecule has 2 N–H and O–H groups in total. The van der Waals surface area contributed by atoms with Crippen molar-refractivity contribution in [3.05, 3.63) is 77.6 Å². The summed E-state index contributed by atoms with van der Waals surface area (Å²) in [5.41, 5.74) is 0.631. The van der Waals surface area contributed by atoms with Gasteiger partial charge < -0.3 is 15.4 Å². The molecule has 1 heterocycles. The molecule has 1 aromatic heterocycles. The number of aryl methyl sites for hydroxylation is 2. The molecular weight excluding hydrogens is 383 g/mol. The van der Waals surface area contributed by atoms with Gasteiger partial charge in [-0.25, -0.2) is 4.79 Å². The van der Waals surface area contributed by atoms with Crippen molar-refractivity contribution in [1.82, 2.24) is 4.98 Å². The number of carbonyl (C=O) groups is 1. The Balaban J connectivity index is 1.62. The highest BCUT2D eigenvalue weighted by molar-refractivity contribution is 5.99. The molecule has 29 heavy (non-hydrogen) atoms. The first kappa shape index (κ1) is 20.2. The van der Waals surface area contributed by atoms with E-state index in [0.717, 1.165) is 11.8 Å². The Kier molecular flexibility index (Phi) is 5.72. The molecule has 0 unspecified atom stereocenters. The van der Waals surface area contributed by atoms with Crippen molar-refractivity contribution in [2.75, 3.05) is 10.6 Å². The zero-order valence-corrected chi connectivity index (χ0v) is 15.7. The highest BCUT2D eigenvalue weighted by Gasteiger charge is 2.32. The lowest BCUT2D eigenvalue weighted by Gasteiger charge is -2.13. The number of carbonyl (C=O) groups excluding carboxylic acids is 1. The van der Waals surface area contributed by atoms with Gasteiger partial charge in [-0.15, -0.1) is 0 Å². The van der Waals surface area contributed by atoms with Gasteiger partial charge in [0, 0.05) is 29.3 Å². The first-order valence-electron chi connectivity index (χ1n) is 8.67. The number of hydrogen-bond acceptors (Lipinski definition) is 3. The molecule has 2 aromatic carbocycles. The topological polar surface area (TPSA) is 63.2 Å². The van der Waals surface area contributed by atoms with E-state index in [2.05, 4.69) is 15.6 Å². The number of pyridine rings is 1. The second kappa shape index (κ2) is 8.22. The quantitative estimate of drug-likeness (QED) is 0.551. The third-order valence-electron chi connectivity index (χ3n) is 4.02. The minimum Gasteiger partial charge on any atom is -0.457 e. The van der Waals surface area contributed by atoms with Crippen LogP contribution in [-0.2, 0) is 6.18 Å². The molecule has 0 saturated heterocycles. The molecule has 3 aromatic rings. The molecule has 0 aliphatic carbocycles. The molecule has 2 amide bonds. The van der Waals surface area contributed by atoms with Crippen molar-refractivity contribution in [2.45, 2.75) is 20.0 Å². The summed E-state index contributed by atoms with van der Waals surface area (Å²) >= 11 is 0. The van der Waals surface area contributed by atoms with Crippen molar-refractivity contribution >= 4 is 17.4 Å². The third kappa shape index (κ3) is 5.47. The summed E-state index contributed by atoms with van der Waals surface area (Å²) in [6.07, 6.45) is -2.85. The van der Waals surface area contributed by atoms with Gasteiger partial charge in [0.05, 0.1) is 5.56 Å². The molecule has 0 aliphatic rings. The number of halogens is 3. The number of amides is 2. The van der Waals surface area contributed by atoms with E-state index in [9.17, 15) is 18.0 Å². The first-order valence-corrected chi connectivity index (χ1v) is 8.67. The molecule has 3 rings (SSSR count). The molecule has 0 aliphatic heterocycles. The number of alkyl halides is 3. The standard InChI is InChI=1S/C21H18F3N3O2/c1-13-3-4-16(12-19(13)21(22,23)24)27-20(28)26-15-5-7-17(8-6-15)29-18-9-10-25-14(2)11-18/h3-12H,1-2H3,(H2,26,27,28). The Bertz CT molecular complexity index is 1020. The summed E-state index contributed by atoms with van der Waals surface area (Å²) in [6.45, 7) is 3.22. The number of nitrogens with zero attached hydrogens (tertiary/aromatic N) is 1. The number of rotatable bonds is 4. The predicted molar refractivity (Wildman–Crippen MR) is 104 cm³/mol. The molecule has 5 nitrogen and oxygen atoms in total. The molecule has 150 valence electrons. The van der Waals surface area contributed by atoms with Crippen molar-refractivity contribution in [3.63, 3.8) is 0 Å². The summed E-state index contributed by atoms with van der Waals surface area (Å²) in [4.78, 5) is 16.2. The number of nitrogens with one attached hydrogen (secondary N) is 2. The Labute approximate surface area is 165 Å². The summed E-state index contributed by atoms with van der Waals surface area (Å²) < 4.78 is 44.7. The van der Waals surface area contributed by atoms with Crippen molar-refractivity contribution in [2.24, 2.45) is 0 Å². The van der Waals surface area contributed by atoms with Gasteiger partial charge in [0.25, 0.3) is 0 Å². The van der Waals surface area contributed by atoms with Crippen LogP contribution in [0.4, 0.5) is 29.3 Å². The van der Waals surface area contributed by atoms with Crippen LogP contribution in [0.2, 0.25) is 0 Å². The average Bonchev–Trinajstić information content (AvgIpc) is 2.64. The number of hydrogen-bond donors (Lipinski definition) is 2. The SMILES string of the molecule is Cc1cc(Oc2ccc(NC(=O)Nc3ccc(C)c(C(F)(F)F)c3)cc2)ccn1. The summed E-state index contributed by atoms with van der Waals surface area (Å²) in [5, 5.41) is 4.97. The molecule has 0 bridgehead atoms. The van der Waals surface area contributed by atoms with Crippen molar-refractivity contribution < 1.29 is 22.7 Å². The monoisotopic (exact) mass is 401 g/mol. The van der Waals surface area contributed by atoms with E-state index in [4.69, 9.17) is 4.74 Å². The maximum absolute atomic E-state index is 13.0. The van der Waals surface area contributed by atoms with E-state index >= 15 is 0 Å². The fraction of sp³-hybridized carbons (Fsp3) is 0.143. The number of benzene rings is 2. The number of anilines is 2. The van der Waals surface area contributed by atoms with E-state index < -0.39 is 17.8 Å². The molecule has 0 atom stereocenters. The zero-order chi connectivity index (χ0) is 21.0. The average molecular weight is 401 g/mol. The number of aromatic nitrogens is 1. The van der Waals surface area contributed by atoms with Gasteiger partial charge in [-0.2, -0.15) is 13.2 Å². The van der Waals surface area contributed by atoms with Crippen LogP contribution in [0.3, 0.4) is 0 Å². The molecule has 0 fully saturated rings. The largest absolute Gasteiger partial charge is 0.457 e. The van der Waals surface area contributed by atoms with E-state index in [1.165, 1.54) is 19.1 Å². The molecule has 0 spiro atoms. The Morgan fingerprint density at radius 2 is 1.55 bits per heavy atom. The Hall–Kier alpha value is -3.55. The Morgan fingerprint density at radius 3 is 2.21 bits per heavy atom. The van der Waals surface area contributed by atoms with Crippen LogP contribution in [0.1, 0.15) is 16.8 Å². The summed E-state index contributed by atoms with van der Waals surface area (Å²) in [5.74, 6) is 1.20. The second-order valence-electron chi connectivity index (χ2n) is 6.37. The van der Waals surface area contributed by atoms with Gasteiger partial charge in [0.2, 0.25) is 0 Å².